The lowest BCUT2D eigenvalue weighted by Crippen LogP contribution is -2.63. The summed E-state index contributed by atoms with van der Waals surface area (Å²) in [4.78, 5) is 5.39. The van der Waals surface area contributed by atoms with Gasteiger partial charge >= 0.3 is 0 Å². The van der Waals surface area contributed by atoms with Gasteiger partial charge in [-0.3, -0.25) is 9.80 Å². The lowest BCUT2D eigenvalue weighted by Gasteiger charge is -2.49. The van der Waals surface area contributed by atoms with Crippen LogP contribution in [0.3, 0.4) is 0 Å². The first-order valence-corrected chi connectivity index (χ1v) is 7.47. The van der Waals surface area contributed by atoms with Crippen LogP contribution in [0.1, 0.15) is 18.4 Å². The molecule has 4 rings (SSSR count). The maximum Gasteiger partial charge on any atom is 0.0635 e. The molecule has 3 heteroatoms. The number of ether oxygens (including phenoxy) is 1. The highest BCUT2D eigenvalue weighted by Crippen LogP contribution is 2.46. The van der Waals surface area contributed by atoms with Crippen LogP contribution >= 0.6 is 0 Å². The molecule has 1 saturated carbocycles. The van der Waals surface area contributed by atoms with Crippen molar-refractivity contribution in [2.24, 2.45) is 0 Å². The highest BCUT2D eigenvalue weighted by Gasteiger charge is 2.54. The Balaban J connectivity index is 1.49. The first kappa shape index (κ1) is 11.9. The van der Waals surface area contributed by atoms with Gasteiger partial charge in [0.2, 0.25) is 0 Å². The number of nitrogens with zero attached hydrogens (tertiary/aromatic N) is 2. The van der Waals surface area contributed by atoms with Gasteiger partial charge in [0.05, 0.1) is 13.2 Å². The fraction of sp³-hybridized carbons (Fsp3) is 0.625. The molecule has 1 aromatic carbocycles. The Morgan fingerprint density at radius 3 is 2.84 bits per heavy atom. The fourth-order valence-electron chi connectivity index (χ4n) is 3.85. The molecule has 2 aliphatic heterocycles. The monoisotopic (exact) mass is 258 g/mol. The molecule has 1 spiro atoms. The van der Waals surface area contributed by atoms with Crippen molar-refractivity contribution in [3.8, 4) is 0 Å². The van der Waals surface area contributed by atoms with Crippen LogP contribution in [0.25, 0.3) is 0 Å². The molecule has 2 saturated heterocycles. The summed E-state index contributed by atoms with van der Waals surface area (Å²) in [6.07, 6.45) is 2.77. The lowest BCUT2D eigenvalue weighted by molar-refractivity contribution is -0.0829. The van der Waals surface area contributed by atoms with Gasteiger partial charge in [0.25, 0.3) is 0 Å². The van der Waals surface area contributed by atoms with E-state index in [0.717, 1.165) is 32.8 Å². The van der Waals surface area contributed by atoms with Crippen molar-refractivity contribution in [1.82, 2.24) is 9.80 Å². The fourth-order valence-corrected chi connectivity index (χ4v) is 3.85. The van der Waals surface area contributed by atoms with E-state index in [2.05, 4.69) is 40.1 Å². The van der Waals surface area contributed by atoms with Gasteiger partial charge in [-0.2, -0.15) is 0 Å². The van der Waals surface area contributed by atoms with Crippen molar-refractivity contribution in [2.45, 2.75) is 31.0 Å². The predicted molar refractivity (Wildman–Crippen MR) is 75.0 cm³/mol. The SMILES string of the molecule is c1ccc(CN2CC3COCCN3C3(CC3)C2)cc1. The minimum atomic E-state index is 0.501. The molecule has 0 N–H and O–H groups in total. The van der Waals surface area contributed by atoms with Crippen LogP contribution in [-0.4, -0.2) is 54.2 Å². The van der Waals surface area contributed by atoms with Crippen LogP contribution in [-0.2, 0) is 11.3 Å². The molecule has 0 bridgehead atoms. The minimum Gasteiger partial charge on any atom is -0.378 e. The molecule has 1 aromatic rings. The number of benzene rings is 1. The third kappa shape index (κ3) is 2.20. The second kappa shape index (κ2) is 4.58. The van der Waals surface area contributed by atoms with Crippen molar-refractivity contribution in [2.75, 3.05) is 32.8 Å². The van der Waals surface area contributed by atoms with E-state index >= 15 is 0 Å². The van der Waals surface area contributed by atoms with Crippen LogP contribution in [0.15, 0.2) is 30.3 Å². The van der Waals surface area contributed by atoms with E-state index in [9.17, 15) is 0 Å². The summed E-state index contributed by atoms with van der Waals surface area (Å²) in [6.45, 7) is 6.50. The average molecular weight is 258 g/mol. The normalized spacial score (nSPS) is 30.2. The van der Waals surface area contributed by atoms with Gasteiger partial charge in [0, 0.05) is 37.8 Å². The summed E-state index contributed by atoms with van der Waals surface area (Å²) in [6, 6.07) is 11.5. The summed E-state index contributed by atoms with van der Waals surface area (Å²) in [7, 11) is 0. The number of rotatable bonds is 2. The minimum absolute atomic E-state index is 0.501. The summed E-state index contributed by atoms with van der Waals surface area (Å²) >= 11 is 0. The summed E-state index contributed by atoms with van der Waals surface area (Å²) < 4.78 is 5.69. The quantitative estimate of drug-likeness (QED) is 0.803. The van der Waals surface area contributed by atoms with E-state index in [4.69, 9.17) is 4.74 Å². The first-order chi connectivity index (χ1) is 9.36. The Kier molecular flexibility index (Phi) is 2.87. The second-order valence-electron chi connectivity index (χ2n) is 6.30. The number of fused-ring (bicyclic) bond motifs is 2. The highest BCUT2D eigenvalue weighted by molar-refractivity contribution is 5.17. The molecule has 3 fully saturated rings. The molecule has 3 nitrogen and oxygen atoms in total. The van der Waals surface area contributed by atoms with E-state index in [1.165, 1.54) is 24.9 Å². The first-order valence-electron chi connectivity index (χ1n) is 7.47. The van der Waals surface area contributed by atoms with Crippen molar-refractivity contribution < 1.29 is 4.74 Å². The van der Waals surface area contributed by atoms with Gasteiger partial charge in [-0.25, -0.2) is 0 Å². The molecule has 2 heterocycles. The third-order valence-electron chi connectivity index (χ3n) is 4.90. The molecule has 3 aliphatic rings. The lowest BCUT2D eigenvalue weighted by atomic mass is 10.0. The van der Waals surface area contributed by atoms with Gasteiger partial charge in [-0.05, 0) is 18.4 Å². The van der Waals surface area contributed by atoms with Crippen LogP contribution in [0.5, 0.6) is 0 Å². The molecular formula is C16H22N2O. The van der Waals surface area contributed by atoms with E-state index in [1.54, 1.807) is 0 Å². The van der Waals surface area contributed by atoms with Crippen LogP contribution < -0.4 is 0 Å². The van der Waals surface area contributed by atoms with Gasteiger partial charge in [-0.1, -0.05) is 30.3 Å². The number of hydrogen-bond donors (Lipinski definition) is 0. The third-order valence-corrected chi connectivity index (χ3v) is 4.90. The van der Waals surface area contributed by atoms with Gasteiger partial charge in [0.1, 0.15) is 0 Å². The van der Waals surface area contributed by atoms with Crippen molar-refractivity contribution in [3.63, 3.8) is 0 Å². The molecule has 0 amide bonds. The molecule has 0 aromatic heterocycles. The zero-order chi connectivity index (χ0) is 12.7. The van der Waals surface area contributed by atoms with E-state index in [-0.39, 0.29) is 0 Å². The second-order valence-corrected chi connectivity index (χ2v) is 6.30. The van der Waals surface area contributed by atoms with Gasteiger partial charge in [0.15, 0.2) is 0 Å². The summed E-state index contributed by atoms with van der Waals surface area (Å²) in [5.41, 5.74) is 1.94. The van der Waals surface area contributed by atoms with E-state index < -0.39 is 0 Å². The van der Waals surface area contributed by atoms with E-state index in [1.807, 2.05) is 0 Å². The topological polar surface area (TPSA) is 15.7 Å². The Hall–Kier alpha value is -0.900. The van der Waals surface area contributed by atoms with Crippen molar-refractivity contribution in [3.05, 3.63) is 35.9 Å². The molecule has 1 atom stereocenters. The summed E-state index contributed by atoms with van der Waals surface area (Å²) in [5.74, 6) is 0. The zero-order valence-corrected chi connectivity index (χ0v) is 11.4. The standard InChI is InChI=1S/C16H22N2O/c1-2-4-14(5-3-1)10-17-11-15-12-19-9-8-18(15)16(13-17)6-7-16/h1-5,15H,6-13H2. The van der Waals surface area contributed by atoms with Gasteiger partial charge in [-0.15, -0.1) is 0 Å². The number of piperazine rings is 1. The number of hydrogen-bond acceptors (Lipinski definition) is 3. The van der Waals surface area contributed by atoms with Crippen molar-refractivity contribution in [1.29, 1.82) is 0 Å². The Labute approximate surface area is 115 Å². The average Bonchev–Trinajstić information content (AvgIpc) is 3.20. The largest absolute Gasteiger partial charge is 0.378 e. The Morgan fingerprint density at radius 2 is 2.05 bits per heavy atom. The van der Waals surface area contributed by atoms with Crippen LogP contribution in [0, 0.1) is 0 Å². The highest BCUT2D eigenvalue weighted by atomic mass is 16.5. The van der Waals surface area contributed by atoms with Crippen LogP contribution in [0.2, 0.25) is 0 Å². The Morgan fingerprint density at radius 1 is 1.21 bits per heavy atom. The summed E-state index contributed by atoms with van der Waals surface area (Å²) in [5, 5.41) is 0. The molecule has 1 aliphatic carbocycles. The smallest absolute Gasteiger partial charge is 0.0635 e. The molecule has 102 valence electrons. The van der Waals surface area contributed by atoms with Gasteiger partial charge < -0.3 is 4.74 Å². The Bertz CT molecular complexity index is 443. The van der Waals surface area contributed by atoms with Crippen LogP contribution in [0.4, 0.5) is 0 Å². The van der Waals surface area contributed by atoms with Crippen molar-refractivity contribution >= 4 is 0 Å². The van der Waals surface area contributed by atoms with E-state index in [0.29, 0.717) is 11.6 Å². The number of morpholine rings is 1. The maximum absolute atomic E-state index is 5.69. The molecular weight excluding hydrogens is 236 g/mol. The molecule has 0 radical (unpaired) electrons. The molecule has 1 unspecified atom stereocenters. The zero-order valence-electron chi connectivity index (χ0n) is 11.4. The predicted octanol–water partition coefficient (Wildman–Crippen LogP) is 1.74. The molecule has 19 heavy (non-hydrogen) atoms. The maximum atomic E-state index is 5.69.